The fourth-order valence-electron chi connectivity index (χ4n) is 1.38. The van der Waals surface area contributed by atoms with Gasteiger partial charge in [-0.25, -0.2) is 24.6 Å². The van der Waals surface area contributed by atoms with Crippen LogP contribution in [0.15, 0.2) is 6.07 Å². The molecular formula is C9H12F5N5O. The van der Waals surface area contributed by atoms with E-state index in [1.54, 1.807) is 0 Å². The Balaban J connectivity index is 3.19. The first-order chi connectivity index (χ1) is 9.27. The van der Waals surface area contributed by atoms with E-state index in [0.717, 1.165) is 11.0 Å². The Morgan fingerprint density at radius 2 is 2.00 bits per heavy atom. The predicted octanol–water partition coefficient (Wildman–Crippen LogP) is 0.845. The van der Waals surface area contributed by atoms with Gasteiger partial charge < -0.3 is 15.4 Å². The molecule has 0 atom stereocenters. The number of anilines is 2. The number of hydrogen-bond acceptors (Lipinski definition) is 6. The van der Waals surface area contributed by atoms with Crippen LogP contribution in [-0.2, 0) is 6.18 Å². The highest BCUT2D eigenvalue weighted by atomic mass is 19.4. The Labute approximate surface area is 110 Å². The van der Waals surface area contributed by atoms with Crippen LogP contribution in [0.4, 0.5) is 33.6 Å². The van der Waals surface area contributed by atoms with Gasteiger partial charge in [-0.1, -0.05) is 0 Å². The predicted molar refractivity (Wildman–Crippen MR) is 60.1 cm³/mol. The maximum Gasteiger partial charge on any atom is 0.451 e. The lowest BCUT2D eigenvalue weighted by Gasteiger charge is -2.23. The first-order valence-electron chi connectivity index (χ1n) is 5.34. The zero-order valence-corrected chi connectivity index (χ0v) is 10.0. The van der Waals surface area contributed by atoms with Crippen molar-refractivity contribution < 1.29 is 27.1 Å². The zero-order valence-electron chi connectivity index (χ0n) is 10.0. The fraction of sp³-hybridized carbons (Fsp3) is 0.556. The lowest BCUT2D eigenvalue weighted by atomic mass is 10.4. The highest BCUT2D eigenvalue weighted by molar-refractivity contribution is 5.49. The molecule has 0 amide bonds. The minimum absolute atomic E-state index is 0.303. The lowest BCUT2D eigenvalue weighted by molar-refractivity contribution is -0.144. The van der Waals surface area contributed by atoms with Gasteiger partial charge >= 0.3 is 6.18 Å². The van der Waals surface area contributed by atoms with E-state index in [-0.39, 0.29) is 12.4 Å². The van der Waals surface area contributed by atoms with Gasteiger partial charge in [-0.2, -0.15) is 13.2 Å². The molecule has 4 N–H and O–H groups in total. The summed E-state index contributed by atoms with van der Waals surface area (Å²) in [6, 6.07) is 0.979. The topological polar surface area (TPSA) is 87.3 Å². The van der Waals surface area contributed by atoms with E-state index in [0.29, 0.717) is 0 Å². The molecule has 0 saturated carbocycles. The molecule has 1 aromatic rings. The van der Waals surface area contributed by atoms with Crippen molar-refractivity contribution in [2.24, 2.45) is 5.84 Å². The van der Waals surface area contributed by atoms with Crippen molar-refractivity contribution in [3.8, 4) is 0 Å². The van der Waals surface area contributed by atoms with Crippen molar-refractivity contribution in [1.29, 1.82) is 0 Å². The summed E-state index contributed by atoms with van der Waals surface area (Å²) in [4.78, 5) is 7.08. The molecule has 1 heterocycles. The van der Waals surface area contributed by atoms with E-state index in [4.69, 9.17) is 10.9 Å². The second kappa shape index (κ2) is 6.61. The van der Waals surface area contributed by atoms with Crippen molar-refractivity contribution in [1.82, 2.24) is 9.97 Å². The summed E-state index contributed by atoms with van der Waals surface area (Å²) >= 11 is 0. The average Bonchev–Trinajstić information content (AvgIpc) is 2.36. The number of nitrogens with two attached hydrogens (primary N) is 1. The molecule has 0 spiro atoms. The molecular weight excluding hydrogens is 289 g/mol. The molecule has 0 aromatic carbocycles. The largest absolute Gasteiger partial charge is 0.451 e. The molecule has 0 fully saturated rings. The van der Waals surface area contributed by atoms with E-state index in [9.17, 15) is 22.0 Å². The van der Waals surface area contributed by atoms with Gasteiger partial charge in [0, 0.05) is 12.6 Å². The number of alkyl halides is 5. The van der Waals surface area contributed by atoms with Crippen molar-refractivity contribution in [3.05, 3.63) is 11.9 Å². The maximum absolute atomic E-state index is 12.6. The number of hydrazine groups is 1. The molecule has 1 aromatic heterocycles. The van der Waals surface area contributed by atoms with E-state index in [1.165, 1.54) is 0 Å². The van der Waals surface area contributed by atoms with Crippen molar-refractivity contribution in [2.45, 2.75) is 12.6 Å². The second-order valence-electron chi connectivity index (χ2n) is 3.64. The van der Waals surface area contributed by atoms with Crippen LogP contribution >= 0.6 is 0 Å². The second-order valence-corrected chi connectivity index (χ2v) is 3.64. The monoisotopic (exact) mass is 301 g/mol. The van der Waals surface area contributed by atoms with Gasteiger partial charge in [0.05, 0.1) is 13.2 Å². The molecule has 114 valence electrons. The summed E-state index contributed by atoms with van der Waals surface area (Å²) in [7, 11) is 0. The van der Waals surface area contributed by atoms with E-state index in [2.05, 4.69) is 9.97 Å². The molecule has 0 radical (unpaired) electrons. The maximum atomic E-state index is 12.6. The lowest BCUT2D eigenvalue weighted by Crippen LogP contribution is -2.33. The summed E-state index contributed by atoms with van der Waals surface area (Å²) in [6.07, 6.45) is -7.66. The number of aliphatic hydroxyl groups excluding tert-OH is 1. The van der Waals surface area contributed by atoms with Crippen LogP contribution in [0.5, 0.6) is 0 Å². The standard InChI is InChI=1S/C9H12F5N5O/c10-5(11)4-19(1-2-20)7-3-6(18-15)16-8(17-7)9(12,13)14/h3,5,20H,1-2,4,15H2,(H,16,17,18). The number of aliphatic hydroxyl groups is 1. The number of rotatable bonds is 6. The van der Waals surface area contributed by atoms with Crippen LogP contribution in [0.25, 0.3) is 0 Å². The fourth-order valence-corrected chi connectivity index (χ4v) is 1.38. The summed E-state index contributed by atoms with van der Waals surface area (Å²) in [6.45, 7) is -1.70. The number of nitrogen functional groups attached to an aromatic ring is 1. The SMILES string of the molecule is NNc1cc(N(CCO)CC(F)F)nc(C(F)(F)F)n1. The summed E-state index contributed by atoms with van der Waals surface area (Å²) in [5.74, 6) is 2.69. The van der Waals surface area contributed by atoms with Crippen molar-refractivity contribution >= 4 is 11.6 Å². The number of nitrogens with one attached hydrogen (secondary N) is 1. The summed E-state index contributed by atoms with van der Waals surface area (Å²) in [5, 5.41) is 8.77. The molecule has 0 unspecified atom stereocenters. The van der Waals surface area contributed by atoms with Gasteiger partial charge in [0.2, 0.25) is 5.82 Å². The first-order valence-corrected chi connectivity index (χ1v) is 5.34. The molecule has 6 nitrogen and oxygen atoms in total. The van der Waals surface area contributed by atoms with Gasteiger partial charge in [0.1, 0.15) is 11.6 Å². The van der Waals surface area contributed by atoms with Crippen LogP contribution in [0.1, 0.15) is 5.82 Å². The zero-order chi connectivity index (χ0) is 15.3. The van der Waals surface area contributed by atoms with Gasteiger partial charge in [0.25, 0.3) is 6.43 Å². The number of hydrogen-bond donors (Lipinski definition) is 3. The van der Waals surface area contributed by atoms with Crippen molar-refractivity contribution in [3.63, 3.8) is 0 Å². The van der Waals surface area contributed by atoms with Gasteiger partial charge in [-0.3, -0.25) is 0 Å². The minimum atomic E-state index is -4.85. The van der Waals surface area contributed by atoms with Gasteiger partial charge in [-0.15, -0.1) is 0 Å². The Kier molecular flexibility index (Phi) is 5.39. The van der Waals surface area contributed by atoms with Crippen LogP contribution in [-0.4, -0.2) is 41.2 Å². The van der Waals surface area contributed by atoms with Crippen LogP contribution in [0.2, 0.25) is 0 Å². The Hall–Kier alpha value is -1.75. The smallest absolute Gasteiger partial charge is 0.395 e. The van der Waals surface area contributed by atoms with Crippen molar-refractivity contribution in [2.75, 3.05) is 30.0 Å². The quantitative estimate of drug-likeness (QED) is 0.410. The third-order valence-corrected chi connectivity index (χ3v) is 2.17. The molecule has 0 saturated heterocycles. The molecule has 0 aliphatic carbocycles. The minimum Gasteiger partial charge on any atom is -0.395 e. The third kappa shape index (κ3) is 4.42. The van der Waals surface area contributed by atoms with E-state index in [1.807, 2.05) is 5.43 Å². The Morgan fingerprint density at radius 3 is 2.45 bits per heavy atom. The number of halogens is 5. The van der Waals surface area contributed by atoms with Gasteiger partial charge in [0.15, 0.2) is 0 Å². The van der Waals surface area contributed by atoms with E-state index >= 15 is 0 Å². The number of nitrogens with zero attached hydrogens (tertiary/aromatic N) is 3. The van der Waals surface area contributed by atoms with Crippen LogP contribution in [0, 0.1) is 0 Å². The third-order valence-electron chi connectivity index (χ3n) is 2.17. The van der Waals surface area contributed by atoms with Crippen LogP contribution < -0.4 is 16.2 Å². The molecule has 20 heavy (non-hydrogen) atoms. The Morgan fingerprint density at radius 1 is 1.35 bits per heavy atom. The molecule has 1 rings (SSSR count). The summed E-state index contributed by atoms with van der Waals surface area (Å²) in [5.41, 5.74) is 1.90. The highest BCUT2D eigenvalue weighted by Crippen LogP contribution is 2.29. The summed E-state index contributed by atoms with van der Waals surface area (Å²) < 4.78 is 62.5. The van der Waals surface area contributed by atoms with E-state index < -0.39 is 37.4 Å². The molecule has 0 bridgehead atoms. The normalized spacial score (nSPS) is 11.8. The van der Waals surface area contributed by atoms with Gasteiger partial charge in [-0.05, 0) is 0 Å². The number of aromatic nitrogens is 2. The average molecular weight is 301 g/mol. The van der Waals surface area contributed by atoms with Crippen LogP contribution in [0.3, 0.4) is 0 Å². The Bertz CT molecular complexity index is 441. The highest BCUT2D eigenvalue weighted by Gasteiger charge is 2.36. The first kappa shape index (κ1) is 16.3. The molecule has 0 aliphatic rings. The molecule has 0 aliphatic heterocycles. The molecule has 11 heteroatoms.